The van der Waals surface area contributed by atoms with Gasteiger partial charge in [-0.3, -0.25) is 0 Å². The average molecular weight is 563 g/mol. The van der Waals surface area contributed by atoms with Crippen LogP contribution in [0.3, 0.4) is 0 Å². The fourth-order valence-corrected chi connectivity index (χ4v) is 3.84. The third-order valence-electron chi connectivity index (χ3n) is 2.26. The first-order chi connectivity index (χ1) is 11.7. The van der Waals surface area contributed by atoms with Gasteiger partial charge in [-0.05, 0) is 23.7 Å². The molecule has 0 aliphatic heterocycles. The van der Waals surface area contributed by atoms with Gasteiger partial charge in [-0.1, -0.05) is 79.0 Å². The van der Waals surface area contributed by atoms with Crippen LogP contribution in [0.1, 0.15) is 55.4 Å². The summed E-state index contributed by atoms with van der Waals surface area (Å²) in [5, 5.41) is 0. The van der Waals surface area contributed by atoms with Gasteiger partial charge in [-0.15, -0.1) is 0 Å². The van der Waals surface area contributed by atoms with E-state index in [1.807, 2.05) is 55.4 Å². The molecule has 0 radical (unpaired) electrons. The molecule has 0 saturated heterocycles. The minimum absolute atomic E-state index is 0. The molecule has 160 valence electrons. The monoisotopic (exact) mass is 564 g/mol. The first kappa shape index (κ1) is 33.6. The van der Waals surface area contributed by atoms with Gasteiger partial charge in [0.1, 0.15) is 13.4 Å². The zero-order valence-electron chi connectivity index (χ0n) is 18.0. The van der Waals surface area contributed by atoms with E-state index in [1.165, 1.54) is 0 Å². The summed E-state index contributed by atoms with van der Waals surface area (Å²) in [7, 11) is 0. The first-order valence-electron chi connectivity index (χ1n) is 8.87. The van der Waals surface area contributed by atoms with Crippen LogP contribution in [-0.4, -0.2) is 26.4 Å². The first-order valence-corrected chi connectivity index (χ1v) is 14.0. The quantitative estimate of drug-likeness (QED) is 0.262. The molecule has 0 fully saturated rings. The molecule has 0 aromatic heterocycles. The molecular weight excluding hydrogens is 527 g/mol. The Bertz CT molecular complexity index is 379. The summed E-state index contributed by atoms with van der Waals surface area (Å²) in [4.78, 5) is 22.8. The molecule has 0 aliphatic carbocycles. The predicted octanol–water partition coefficient (Wildman–Crippen LogP) is 3.83. The van der Waals surface area contributed by atoms with Crippen molar-refractivity contribution in [1.82, 2.24) is 0 Å². The zero-order valence-corrected chi connectivity index (χ0v) is 25.5. The van der Waals surface area contributed by atoms with Crippen molar-refractivity contribution in [3.63, 3.8) is 0 Å². The second-order valence-electron chi connectivity index (χ2n) is 7.65. The van der Waals surface area contributed by atoms with Crippen LogP contribution in [0, 0.1) is 23.7 Å². The maximum Gasteiger partial charge on any atom is 2.00 e. The molecule has 0 aromatic carbocycles. The van der Waals surface area contributed by atoms with E-state index in [4.69, 9.17) is 41.7 Å². The second kappa shape index (κ2) is 17.6. The topological polar surface area (TPSA) is 83.0 Å². The van der Waals surface area contributed by atoms with E-state index in [0.29, 0.717) is 50.1 Å². The third kappa shape index (κ3) is 28.0. The molecule has 0 rings (SSSR count). The van der Waals surface area contributed by atoms with Gasteiger partial charge in [0.15, 0.2) is 0 Å². The van der Waals surface area contributed by atoms with Gasteiger partial charge in [-0.25, -0.2) is 0 Å². The van der Waals surface area contributed by atoms with E-state index in [9.17, 15) is 9.79 Å². The minimum Gasteiger partial charge on any atom is -0.780 e. The molecule has 0 spiro atoms. The Morgan fingerprint density at radius 2 is 0.704 bits per heavy atom. The SMILES string of the molecule is CC(C)COP([O-])(=S)OCC(C)C.CC(C)COP([O-])(=S)OCC(C)C.[Cd+2]. The fourth-order valence-electron chi connectivity index (χ4n) is 1.04. The van der Waals surface area contributed by atoms with Crippen molar-refractivity contribution < 1.29 is 55.2 Å². The van der Waals surface area contributed by atoms with Gasteiger partial charge in [0.25, 0.3) is 0 Å². The average Bonchev–Trinajstić information content (AvgIpc) is 2.48. The summed E-state index contributed by atoms with van der Waals surface area (Å²) in [5.41, 5.74) is 0. The van der Waals surface area contributed by atoms with Crippen molar-refractivity contribution in [1.29, 1.82) is 0 Å². The number of hydrogen-bond acceptors (Lipinski definition) is 8. The molecule has 0 amide bonds. The maximum atomic E-state index is 11.4. The maximum absolute atomic E-state index is 11.4. The Morgan fingerprint density at radius 1 is 0.556 bits per heavy atom. The fraction of sp³-hybridized carbons (Fsp3) is 1.00. The number of hydrogen-bond donors (Lipinski definition) is 0. The summed E-state index contributed by atoms with van der Waals surface area (Å²) < 4.78 is 20.0. The summed E-state index contributed by atoms with van der Waals surface area (Å²) in [6.07, 6.45) is 0. The van der Waals surface area contributed by atoms with Gasteiger partial charge in [-0.2, -0.15) is 0 Å². The van der Waals surface area contributed by atoms with Crippen molar-refractivity contribution in [3.8, 4) is 0 Å². The van der Waals surface area contributed by atoms with E-state index in [0.717, 1.165) is 0 Å². The Balaban J connectivity index is -0.000000411. The van der Waals surface area contributed by atoms with Crippen LogP contribution in [0.5, 0.6) is 0 Å². The molecule has 0 unspecified atom stereocenters. The Hall–Kier alpha value is 1.98. The third-order valence-corrected chi connectivity index (χ3v) is 5.39. The van der Waals surface area contributed by atoms with Gasteiger partial charge >= 0.3 is 27.3 Å². The Kier molecular flexibility index (Phi) is 22.0. The smallest absolute Gasteiger partial charge is 0.780 e. The van der Waals surface area contributed by atoms with Crippen LogP contribution >= 0.6 is 13.4 Å². The van der Waals surface area contributed by atoms with Crippen LogP contribution in [-0.2, 0) is 69.0 Å². The van der Waals surface area contributed by atoms with Crippen molar-refractivity contribution in [2.45, 2.75) is 55.4 Å². The molecular formula is C16H36CdO6P2S2. The van der Waals surface area contributed by atoms with Crippen molar-refractivity contribution in [3.05, 3.63) is 0 Å². The van der Waals surface area contributed by atoms with Crippen LogP contribution in [0.15, 0.2) is 0 Å². The molecule has 27 heavy (non-hydrogen) atoms. The van der Waals surface area contributed by atoms with E-state index < -0.39 is 13.4 Å². The van der Waals surface area contributed by atoms with Gasteiger partial charge in [0.05, 0.1) is 26.4 Å². The predicted molar refractivity (Wildman–Crippen MR) is 112 cm³/mol. The molecule has 6 nitrogen and oxygen atoms in total. The number of rotatable bonds is 12. The molecule has 0 aromatic rings. The van der Waals surface area contributed by atoms with E-state index in [1.54, 1.807) is 0 Å². The Morgan fingerprint density at radius 3 is 0.815 bits per heavy atom. The van der Waals surface area contributed by atoms with E-state index in [-0.39, 0.29) is 27.3 Å². The molecule has 0 bridgehead atoms. The second-order valence-corrected chi connectivity index (χ2v) is 13.2. The van der Waals surface area contributed by atoms with Gasteiger partial charge < -0.3 is 27.9 Å². The van der Waals surface area contributed by atoms with Crippen LogP contribution in [0.2, 0.25) is 0 Å². The van der Waals surface area contributed by atoms with Crippen molar-refractivity contribution in [2.24, 2.45) is 23.7 Å². The van der Waals surface area contributed by atoms with Crippen LogP contribution in [0.4, 0.5) is 0 Å². The Labute approximate surface area is 196 Å². The largest absolute Gasteiger partial charge is 2.00 e. The van der Waals surface area contributed by atoms with Crippen molar-refractivity contribution in [2.75, 3.05) is 26.4 Å². The minimum atomic E-state index is -3.22. The molecule has 0 N–H and O–H groups in total. The summed E-state index contributed by atoms with van der Waals surface area (Å²) in [6, 6.07) is 0. The summed E-state index contributed by atoms with van der Waals surface area (Å²) in [6.45, 7) is 10.9. The molecule has 0 heterocycles. The normalized spacial score (nSPS) is 12.4. The molecule has 0 atom stereocenters. The van der Waals surface area contributed by atoms with E-state index in [2.05, 4.69) is 0 Å². The van der Waals surface area contributed by atoms with Gasteiger partial charge in [0, 0.05) is 0 Å². The summed E-state index contributed by atoms with van der Waals surface area (Å²) in [5.74, 6) is 1.27. The molecule has 11 heteroatoms. The van der Waals surface area contributed by atoms with E-state index >= 15 is 0 Å². The standard InChI is InChI=1S/2C8H19O3PS.Cd/c2*1-7(2)5-10-12(9,13)11-6-8(3)4;/h2*7-8H,5-6H2,1-4H3,(H,9,13);/q;;+2/p-2. The zero-order chi connectivity index (χ0) is 21.0. The van der Waals surface area contributed by atoms with Crippen molar-refractivity contribution >= 4 is 37.1 Å². The van der Waals surface area contributed by atoms with Crippen LogP contribution < -0.4 is 9.79 Å². The molecule has 0 aliphatic rings. The van der Waals surface area contributed by atoms with Crippen LogP contribution in [0.25, 0.3) is 0 Å². The van der Waals surface area contributed by atoms with Gasteiger partial charge in [0.2, 0.25) is 0 Å². The summed E-state index contributed by atoms with van der Waals surface area (Å²) >= 11 is 9.38. The molecule has 0 saturated carbocycles.